The number of rotatable bonds is 4. The number of hydrogen-bond acceptors (Lipinski definition) is 4. The Bertz CT molecular complexity index is 529. The van der Waals surface area contributed by atoms with Crippen LogP contribution in [0, 0.1) is 25.7 Å². The number of methoxy groups -OCH3 is 1. The average molecular weight is 306 g/mol. The molecule has 4 nitrogen and oxygen atoms in total. The maximum atomic E-state index is 9.97. The van der Waals surface area contributed by atoms with Gasteiger partial charge in [0, 0.05) is 17.4 Å². The predicted octanol–water partition coefficient (Wildman–Crippen LogP) is 3.22. The third kappa shape index (κ3) is 2.16. The topological polar surface area (TPSA) is 47.9 Å². The quantitative estimate of drug-likeness (QED) is 0.928. The molecule has 0 radical (unpaired) electrons. The fourth-order valence-electron chi connectivity index (χ4n) is 3.79. The molecule has 4 unspecified atom stereocenters. The highest BCUT2D eigenvalue weighted by atomic mass is 16.5. The molecule has 3 rings (SSSR count). The molecule has 2 aliphatic heterocycles. The number of ether oxygens (including phenoxy) is 3. The molecule has 1 aromatic rings. The van der Waals surface area contributed by atoms with E-state index in [0.29, 0.717) is 11.8 Å². The van der Waals surface area contributed by atoms with Crippen LogP contribution in [0.2, 0.25) is 0 Å². The third-order valence-corrected chi connectivity index (χ3v) is 5.21. The summed E-state index contributed by atoms with van der Waals surface area (Å²) in [6.45, 7) is 10.1. The van der Waals surface area contributed by atoms with Gasteiger partial charge in [0.25, 0.3) is 0 Å². The molecular weight excluding hydrogens is 280 g/mol. The first kappa shape index (κ1) is 15.8. The van der Waals surface area contributed by atoms with Crippen molar-refractivity contribution < 1.29 is 19.3 Å². The van der Waals surface area contributed by atoms with Crippen LogP contribution < -0.4 is 4.74 Å². The Kier molecular flexibility index (Phi) is 4.19. The van der Waals surface area contributed by atoms with Crippen molar-refractivity contribution >= 4 is 0 Å². The van der Waals surface area contributed by atoms with Crippen molar-refractivity contribution in [3.63, 3.8) is 0 Å². The SMILES string of the molecule is COc1c(C)c(C2OCC2C)c(CO)c(C)c1C1OCC1C. The molecule has 122 valence electrons. The number of benzene rings is 1. The highest BCUT2D eigenvalue weighted by molar-refractivity contribution is 5.57. The number of aliphatic hydroxyl groups is 1. The summed E-state index contributed by atoms with van der Waals surface area (Å²) in [6.07, 6.45) is 0.122. The summed E-state index contributed by atoms with van der Waals surface area (Å²) in [7, 11) is 1.71. The van der Waals surface area contributed by atoms with Gasteiger partial charge < -0.3 is 19.3 Å². The van der Waals surface area contributed by atoms with E-state index in [1.54, 1.807) is 7.11 Å². The third-order valence-electron chi connectivity index (χ3n) is 5.21. The first-order valence-corrected chi connectivity index (χ1v) is 8.05. The Labute approximate surface area is 132 Å². The molecule has 0 aliphatic carbocycles. The van der Waals surface area contributed by atoms with E-state index in [9.17, 15) is 5.11 Å². The second-order valence-electron chi connectivity index (χ2n) is 6.71. The van der Waals surface area contributed by atoms with Gasteiger partial charge in [-0.15, -0.1) is 0 Å². The second kappa shape index (κ2) is 5.84. The van der Waals surface area contributed by atoms with Crippen LogP contribution in [-0.4, -0.2) is 25.4 Å². The van der Waals surface area contributed by atoms with Gasteiger partial charge >= 0.3 is 0 Å². The largest absolute Gasteiger partial charge is 0.496 e. The van der Waals surface area contributed by atoms with Crippen LogP contribution in [0.4, 0.5) is 0 Å². The van der Waals surface area contributed by atoms with Crippen LogP contribution in [0.5, 0.6) is 5.75 Å². The fourth-order valence-corrected chi connectivity index (χ4v) is 3.79. The molecular formula is C18H26O4. The van der Waals surface area contributed by atoms with Gasteiger partial charge in [-0.1, -0.05) is 13.8 Å². The van der Waals surface area contributed by atoms with Gasteiger partial charge in [-0.25, -0.2) is 0 Å². The zero-order chi connectivity index (χ0) is 16.0. The van der Waals surface area contributed by atoms with Crippen LogP contribution in [-0.2, 0) is 16.1 Å². The average Bonchev–Trinajstić information content (AvgIpc) is 2.49. The molecule has 4 atom stereocenters. The number of aliphatic hydroxyl groups excluding tert-OH is 1. The van der Waals surface area contributed by atoms with Crippen molar-refractivity contribution in [2.75, 3.05) is 20.3 Å². The highest BCUT2D eigenvalue weighted by Gasteiger charge is 2.39. The number of hydrogen-bond donors (Lipinski definition) is 1. The summed E-state index contributed by atoms with van der Waals surface area (Å²) in [5.41, 5.74) is 5.34. The standard InChI is InChI=1S/C18H26O4/c1-9-7-21-16(9)14-12(4)18(20-5)15(11(3)13(14)6-19)17-10(2)8-22-17/h9-10,16-17,19H,6-8H2,1-5H3. The molecule has 1 N–H and O–H groups in total. The molecule has 22 heavy (non-hydrogen) atoms. The van der Waals surface area contributed by atoms with Gasteiger partial charge in [-0.3, -0.25) is 0 Å². The second-order valence-corrected chi connectivity index (χ2v) is 6.71. The van der Waals surface area contributed by atoms with E-state index in [4.69, 9.17) is 14.2 Å². The highest BCUT2D eigenvalue weighted by Crippen LogP contribution is 2.49. The minimum absolute atomic E-state index is 0.0205. The van der Waals surface area contributed by atoms with Crippen molar-refractivity contribution in [2.24, 2.45) is 11.8 Å². The van der Waals surface area contributed by atoms with E-state index >= 15 is 0 Å². The molecule has 0 amide bonds. The van der Waals surface area contributed by atoms with Crippen LogP contribution in [0.25, 0.3) is 0 Å². The molecule has 1 aromatic carbocycles. The normalized spacial score (nSPS) is 30.6. The van der Waals surface area contributed by atoms with Crippen molar-refractivity contribution in [2.45, 2.75) is 46.5 Å². The van der Waals surface area contributed by atoms with E-state index in [0.717, 1.165) is 46.8 Å². The Hall–Kier alpha value is -1.10. The molecule has 0 bridgehead atoms. The maximum Gasteiger partial charge on any atom is 0.128 e. The lowest BCUT2D eigenvalue weighted by molar-refractivity contribution is -0.113. The summed E-state index contributed by atoms with van der Waals surface area (Å²) in [5.74, 6) is 1.84. The molecule has 2 aliphatic rings. The van der Waals surface area contributed by atoms with Gasteiger partial charge in [0.05, 0.1) is 39.1 Å². The summed E-state index contributed by atoms with van der Waals surface area (Å²) < 4.78 is 17.3. The van der Waals surface area contributed by atoms with E-state index < -0.39 is 0 Å². The molecule has 0 saturated carbocycles. The summed E-state index contributed by atoms with van der Waals surface area (Å²) in [5, 5.41) is 9.97. The molecule has 0 spiro atoms. The molecule has 2 saturated heterocycles. The molecule has 2 fully saturated rings. The van der Waals surface area contributed by atoms with Crippen LogP contribution in [0.15, 0.2) is 0 Å². The molecule has 2 heterocycles. The van der Waals surface area contributed by atoms with Crippen LogP contribution in [0.3, 0.4) is 0 Å². The van der Waals surface area contributed by atoms with E-state index in [1.165, 1.54) is 0 Å². The van der Waals surface area contributed by atoms with E-state index in [1.807, 2.05) is 0 Å². The van der Waals surface area contributed by atoms with E-state index in [2.05, 4.69) is 27.7 Å². The zero-order valence-electron chi connectivity index (χ0n) is 14.1. The minimum Gasteiger partial charge on any atom is -0.496 e. The first-order chi connectivity index (χ1) is 10.5. The van der Waals surface area contributed by atoms with Gasteiger partial charge in [-0.2, -0.15) is 0 Å². The van der Waals surface area contributed by atoms with Gasteiger partial charge in [0.1, 0.15) is 5.75 Å². The minimum atomic E-state index is 0.0205. The lowest BCUT2D eigenvalue weighted by Gasteiger charge is -2.40. The monoisotopic (exact) mass is 306 g/mol. The van der Waals surface area contributed by atoms with Crippen molar-refractivity contribution in [3.8, 4) is 5.75 Å². The molecule has 4 heteroatoms. The van der Waals surface area contributed by atoms with Gasteiger partial charge in [0.2, 0.25) is 0 Å². The smallest absolute Gasteiger partial charge is 0.128 e. The maximum absolute atomic E-state index is 9.97. The Balaban J connectivity index is 2.18. The summed E-state index contributed by atoms with van der Waals surface area (Å²) in [4.78, 5) is 0. The van der Waals surface area contributed by atoms with E-state index in [-0.39, 0.29) is 18.8 Å². The Morgan fingerprint density at radius 3 is 1.91 bits per heavy atom. The molecule has 0 aromatic heterocycles. The summed E-state index contributed by atoms with van der Waals surface area (Å²) in [6, 6.07) is 0. The van der Waals surface area contributed by atoms with Crippen molar-refractivity contribution in [3.05, 3.63) is 27.8 Å². The fraction of sp³-hybridized carbons (Fsp3) is 0.667. The lowest BCUT2D eigenvalue weighted by atomic mass is 9.80. The van der Waals surface area contributed by atoms with Crippen LogP contribution in [0.1, 0.15) is 53.9 Å². The van der Waals surface area contributed by atoms with Crippen molar-refractivity contribution in [1.82, 2.24) is 0 Å². The van der Waals surface area contributed by atoms with Gasteiger partial charge in [0.15, 0.2) is 0 Å². The van der Waals surface area contributed by atoms with Gasteiger partial charge in [-0.05, 0) is 36.1 Å². The van der Waals surface area contributed by atoms with Crippen molar-refractivity contribution in [1.29, 1.82) is 0 Å². The predicted molar refractivity (Wildman–Crippen MR) is 84.1 cm³/mol. The zero-order valence-corrected chi connectivity index (χ0v) is 14.1. The first-order valence-electron chi connectivity index (χ1n) is 8.05. The summed E-state index contributed by atoms with van der Waals surface area (Å²) >= 11 is 0. The van der Waals surface area contributed by atoms with Crippen LogP contribution >= 0.6 is 0 Å². The lowest BCUT2D eigenvalue weighted by Crippen LogP contribution is -2.34. The Morgan fingerprint density at radius 2 is 1.55 bits per heavy atom. The Morgan fingerprint density at radius 1 is 1.00 bits per heavy atom.